The molecule has 62 heavy (non-hydrogen) atoms. The smallest absolute Gasteiger partial charge is 0.0741 e. The largest absolute Gasteiger partial charge is 0.309 e. The maximum atomic E-state index is 5.17. The van der Waals surface area contributed by atoms with Crippen molar-refractivity contribution in [2.75, 3.05) is 4.90 Å². The fourth-order valence-electron chi connectivity index (χ4n) is 8.73. The summed E-state index contributed by atoms with van der Waals surface area (Å²) in [7, 11) is 0. The molecule has 1 heterocycles. The Balaban J connectivity index is 0.000000320. The van der Waals surface area contributed by atoms with E-state index in [1.165, 1.54) is 56.8 Å². The number of rotatable bonds is 9. The number of aromatic nitrogens is 1. The van der Waals surface area contributed by atoms with Crippen LogP contribution < -0.4 is 4.90 Å². The van der Waals surface area contributed by atoms with Gasteiger partial charge in [0.2, 0.25) is 0 Å². The minimum absolute atomic E-state index is 0.962. The molecule has 1 aliphatic rings. The van der Waals surface area contributed by atoms with Gasteiger partial charge in [-0.2, -0.15) is 0 Å². The van der Waals surface area contributed by atoms with Crippen molar-refractivity contribution in [1.82, 2.24) is 4.98 Å². The number of benzene rings is 7. The van der Waals surface area contributed by atoms with Crippen LogP contribution in [0.1, 0.15) is 53.1 Å². The number of aryl methyl sites for hydroxylation is 4. The van der Waals surface area contributed by atoms with Crippen molar-refractivity contribution in [1.29, 1.82) is 0 Å². The van der Waals surface area contributed by atoms with Crippen LogP contribution in [0.4, 0.5) is 11.4 Å². The molecule has 0 unspecified atom stereocenters. The van der Waals surface area contributed by atoms with Crippen LogP contribution in [0.5, 0.6) is 0 Å². The lowest BCUT2D eigenvalue weighted by atomic mass is 9.91. The average Bonchev–Trinajstić information content (AvgIpc) is 3.30. The molecule has 0 amide bonds. The lowest BCUT2D eigenvalue weighted by molar-refractivity contribution is 0.967. The summed E-state index contributed by atoms with van der Waals surface area (Å²) in [4.78, 5) is 7.52. The molecule has 9 rings (SSSR count). The van der Waals surface area contributed by atoms with Crippen molar-refractivity contribution in [3.63, 3.8) is 0 Å². The first kappa shape index (κ1) is 41.4. The van der Waals surface area contributed by atoms with E-state index in [0.717, 1.165) is 67.2 Å². The van der Waals surface area contributed by atoms with E-state index in [1.807, 2.05) is 18.2 Å². The van der Waals surface area contributed by atoms with E-state index in [0.29, 0.717) is 0 Å². The highest BCUT2D eigenvalue weighted by Crippen LogP contribution is 2.43. The molecule has 1 aromatic heterocycles. The van der Waals surface area contributed by atoms with Crippen molar-refractivity contribution >= 4 is 44.1 Å². The fourth-order valence-corrected chi connectivity index (χ4v) is 8.73. The number of pyridine rings is 1. The van der Waals surface area contributed by atoms with Gasteiger partial charge >= 0.3 is 0 Å². The Bertz CT molecular complexity index is 3050. The second kappa shape index (κ2) is 18.5. The summed E-state index contributed by atoms with van der Waals surface area (Å²) in [5.74, 6) is 0. The monoisotopic (exact) mass is 802 g/mol. The van der Waals surface area contributed by atoms with Crippen LogP contribution in [0, 0.1) is 27.7 Å². The van der Waals surface area contributed by atoms with Crippen molar-refractivity contribution in [3.8, 4) is 22.5 Å². The first-order chi connectivity index (χ1) is 30.2. The number of nitrogens with zero attached hydrogens (tertiary/aromatic N) is 2. The summed E-state index contributed by atoms with van der Waals surface area (Å²) in [5.41, 5.74) is 18.6. The number of hydrogen-bond acceptors (Lipinski definition) is 2. The van der Waals surface area contributed by atoms with Gasteiger partial charge in [0.15, 0.2) is 0 Å². The van der Waals surface area contributed by atoms with E-state index in [9.17, 15) is 0 Å². The molecule has 2 nitrogen and oxygen atoms in total. The summed E-state index contributed by atoms with van der Waals surface area (Å²) in [6, 6.07) is 58.1. The molecule has 7 aromatic carbocycles. The number of hydrogen-bond donors (Lipinski definition) is 0. The zero-order valence-electron chi connectivity index (χ0n) is 36.6. The Morgan fingerprint density at radius 3 is 2.03 bits per heavy atom. The second-order valence-electron chi connectivity index (χ2n) is 16.3. The van der Waals surface area contributed by atoms with Gasteiger partial charge in [0.25, 0.3) is 0 Å². The minimum Gasteiger partial charge on any atom is -0.309 e. The quantitative estimate of drug-likeness (QED) is 0.107. The highest BCUT2D eigenvalue weighted by molar-refractivity contribution is 6.14. The SMILES string of the molecule is C=C/C(=C(\C=C)N(c1ccc(-c2nc(-c3ccccc3)ccc2C)c(C)c1)c1cc2ccccc2c2ccccc12)c1cccc(C)c1.CC1=C(c2ccccc2C)C=CCC1. The van der Waals surface area contributed by atoms with Crippen LogP contribution in [0.15, 0.2) is 213 Å². The van der Waals surface area contributed by atoms with Gasteiger partial charge in [-0.15, -0.1) is 0 Å². The molecule has 0 N–H and O–H groups in total. The lowest BCUT2D eigenvalue weighted by Crippen LogP contribution is -2.17. The van der Waals surface area contributed by atoms with Crippen LogP contribution in [0.25, 0.3) is 55.2 Å². The average molecular weight is 803 g/mol. The van der Waals surface area contributed by atoms with Gasteiger partial charge in [-0.1, -0.05) is 182 Å². The molecular weight excluding hydrogens is 749 g/mol. The summed E-state index contributed by atoms with van der Waals surface area (Å²) < 4.78 is 0. The standard InChI is InChI=1S/C46H38N2.C14H16/c1-6-38(35-20-15-16-31(3)28-35)44(7-2)48(45-30-36-19-11-12-21-40(36)41-22-13-14-23-42(41)45)37-25-26-39(33(5)29-37)46-32(4)24-27-43(47-46)34-17-9-8-10-18-34;1-11-7-3-5-9-13(11)14-10-6-4-8-12(14)2/h6-30H,1-2H2,3-5H3;3,5-7,9-10H,4,8H2,1-2H3/b44-38-;. The third-order valence-corrected chi connectivity index (χ3v) is 12.0. The molecule has 0 saturated heterocycles. The molecule has 0 fully saturated rings. The molecular formula is C60H54N2. The molecule has 0 saturated carbocycles. The summed E-state index contributed by atoms with van der Waals surface area (Å²) in [6.07, 6.45) is 10.9. The Morgan fingerprint density at radius 1 is 0.581 bits per heavy atom. The zero-order chi connectivity index (χ0) is 43.2. The van der Waals surface area contributed by atoms with Crippen molar-refractivity contribution in [2.45, 2.75) is 47.5 Å². The Kier molecular flexibility index (Phi) is 12.4. The Morgan fingerprint density at radius 2 is 1.31 bits per heavy atom. The predicted molar refractivity (Wildman–Crippen MR) is 269 cm³/mol. The molecule has 0 spiro atoms. The molecule has 0 aliphatic heterocycles. The maximum Gasteiger partial charge on any atom is 0.0741 e. The zero-order valence-corrected chi connectivity index (χ0v) is 36.6. The first-order valence-electron chi connectivity index (χ1n) is 21.6. The van der Waals surface area contributed by atoms with E-state index < -0.39 is 0 Å². The van der Waals surface area contributed by atoms with Gasteiger partial charge in [-0.3, -0.25) is 0 Å². The van der Waals surface area contributed by atoms with Gasteiger partial charge < -0.3 is 4.90 Å². The number of anilines is 2. The van der Waals surface area contributed by atoms with E-state index >= 15 is 0 Å². The van der Waals surface area contributed by atoms with Gasteiger partial charge in [-0.25, -0.2) is 4.98 Å². The third kappa shape index (κ3) is 8.51. The summed E-state index contributed by atoms with van der Waals surface area (Å²) in [5, 5.41) is 4.79. The van der Waals surface area contributed by atoms with E-state index in [1.54, 1.807) is 0 Å². The Labute approximate surface area is 368 Å². The predicted octanol–water partition coefficient (Wildman–Crippen LogP) is 16.7. The highest BCUT2D eigenvalue weighted by Gasteiger charge is 2.22. The Hall–Kier alpha value is -7.29. The highest BCUT2D eigenvalue weighted by atomic mass is 15.1. The summed E-state index contributed by atoms with van der Waals surface area (Å²) >= 11 is 0. The van der Waals surface area contributed by atoms with Gasteiger partial charge in [0.1, 0.15) is 0 Å². The van der Waals surface area contributed by atoms with Crippen LogP contribution >= 0.6 is 0 Å². The fraction of sp³-hybridized carbons (Fsp3) is 0.117. The van der Waals surface area contributed by atoms with Crippen molar-refractivity contribution < 1.29 is 0 Å². The number of allylic oxidation sites excluding steroid dienone is 7. The minimum atomic E-state index is 0.962. The van der Waals surface area contributed by atoms with Crippen LogP contribution in [0.2, 0.25) is 0 Å². The topological polar surface area (TPSA) is 16.1 Å². The van der Waals surface area contributed by atoms with Crippen molar-refractivity contribution in [3.05, 3.63) is 246 Å². The summed E-state index contributed by atoms with van der Waals surface area (Å²) in [6.45, 7) is 19.5. The molecule has 304 valence electrons. The van der Waals surface area contributed by atoms with Gasteiger partial charge in [-0.05, 0) is 127 Å². The molecule has 0 bridgehead atoms. The number of fused-ring (bicyclic) bond motifs is 3. The maximum absolute atomic E-state index is 5.17. The molecule has 8 aromatic rings. The van der Waals surface area contributed by atoms with Crippen LogP contribution in [-0.2, 0) is 0 Å². The van der Waals surface area contributed by atoms with Crippen LogP contribution in [0.3, 0.4) is 0 Å². The van der Waals surface area contributed by atoms with Gasteiger partial charge in [0.05, 0.1) is 22.8 Å². The van der Waals surface area contributed by atoms with E-state index in [-0.39, 0.29) is 0 Å². The van der Waals surface area contributed by atoms with Crippen molar-refractivity contribution in [2.24, 2.45) is 0 Å². The molecule has 0 atom stereocenters. The normalized spacial score (nSPS) is 12.7. The third-order valence-electron chi connectivity index (χ3n) is 12.0. The van der Waals surface area contributed by atoms with E-state index in [4.69, 9.17) is 4.98 Å². The second-order valence-corrected chi connectivity index (χ2v) is 16.3. The molecule has 1 aliphatic carbocycles. The first-order valence-corrected chi connectivity index (χ1v) is 21.6. The van der Waals surface area contributed by atoms with Gasteiger partial charge in [0, 0.05) is 27.8 Å². The molecule has 2 heteroatoms. The van der Waals surface area contributed by atoms with E-state index in [2.05, 4.69) is 223 Å². The van der Waals surface area contributed by atoms with Crippen LogP contribution in [-0.4, -0.2) is 4.98 Å². The molecule has 0 radical (unpaired) electrons. The lowest BCUT2D eigenvalue weighted by Gasteiger charge is -2.30.